The van der Waals surface area contributed by atoms with Gasteiger partial charge in [0.25, 0.3) is 0 Å². The van der Waals surface area contributed by atoms with Crippen molar-refractivity contribution in [1.29, 1.82) is 0 Å². The van der Waals surface area contributed by atoms with Crippen molar-refractivity contribution in [2.24, 2.45) is 0 Å². The summed E-state index contributed by atoms with van der Waals surface area (Å²) < 4.78 is 5.57. The quantitative estimate of drug-likeness (QED) is 0.930. The molecule has 2 aromatic rings. The molecular formula is C12H12ClN3O3. The Bertz CT molecular complexity index is 675. The maximum absolute atomic E-state index is 11.8. The number of aryl methyl sites for hydroxylation is 2. The van der Waals surface area contributed by atoms with E-state index < -0.39 is 5.76 Å². The van der Waals surface area contributed by atoms with E-state index in [0.29, 0.717) is 16.5 Å². The summed E-state index contributed by atoms with van der Waals surface area (Å²) in [5, 5.41) is 6.55. The number of nitrogens with one attached hydrogen (secondary N) is 1. The molecule has 6 nitrogen and oxygen atoms in total. The number of anilines is 1. The van der Waals surface area contributed by atoms with Crippen molar-refractivity contribution < 1.29 is 9.32 Å². The molecule has 0 aliphatic rings. The van der Waals surface area contributed by atoms with Crippen molar-refractivity contribution >= 4 is 23.2 Å². The summed E-state index contributed by atoms with van der Waals surface area (Å²) in [5.74, 6) is -0.697. The Labute approximate surface area is 114 Å². The molecule has 0 atom stereocenters. The van der Waals surface area contributed by atoms with Crippen molar-refractivity contribution in [2.75, 3.05) is 5.32 Å². The summed E-state index contributed by atoms with van der Waals surface area (Å²) in [6, 6.07) is 5.28. The highest BCUT2D eigenvalue weighted by Gasteiger charge is 2.12. The fourth-order valence-electron chi connectivity index (χ4n) is 1.57. The third-order valence-corrected chi connectivity index (χ3v) is 2.88. The van der Waals surface area contributed by atoms with Crippen molar-refractivity contribution in [2.45, 2.75) is 20.4 Å². The Kier molecular flexibility index (Phi) is 3.71. The van der Waals surface area contributed by atoms with Crippen molar-refractivity contribution in [3.8, 4) is 0 Å². The standard InChI is InChI=1S/C12H12ClN3O3/c1-7-3-4-10(9(13)5-7)14-11(17)6-16-8(2)15-19-12(16)18/h3-5H,6H2,1-2H3,(H,14,17). The Morgan fingerprint density at radius 2 is 2.21 bits per heavy atom. The number of benzene rings is 1. The van der Waals surface area contributed by atoms with Gasteiger partial charge in [-0.15, -0.1) is 0 Å². The first kappa shape index (κ1) is 13.4. The molecule has 0 spiro atoms. The zero-order valence-electron chi connectivity index (χ0n) is 10.4. The summed E-state index contributed by atoms with van der Waals surface area (Å²) in [6.45, 7) is 3.31. The minimum absolute atomic E-state index is 0.168. The highest BCUT2D eigenvalue weighted by atomic mass is 35.5. The van der Waals surface area contributed by atoms with E-state index in [1.165, 1.54) is 0 Å². The Morgan fingerprint density at radius 1 is 1.47 bits per heavy atom. The number of amides is 1. The van der Waals surface area contributed by atoms with E-state index in [1.807, 2.05) is 13.0 Å². The summed E-state index contributed by atoms with van der Waals surface area (Å²) in [6.07, 6.45) is 0. The number of hydrogen-bond donors (Lipinski definition) is 1. The van der Waals surface area contributed by atoms with Gasteiger partial charge in [0, 0.05) is 0 Å². The van der Waals surface area contributed by atoms with E-state index in [1.54, 1.807) is 19.1 Å². The average Bonchev–Trinajstić information content (AvgIpc) is 2.65. The lowest BCUT2D eigenvalue weighted by Gasteiger charge is -2.08. The average molecular weight is 282 g/mol. The summed E-state index contributed by atoms with van der Waals surface area (Å²) >= 11 is 6.00. The summed E-state index contributed by atoms with van der Waals surface area (Å²) in [7, 11) is 0. The van der Waals surface area contributed by atoms with Gasteiger partial charge >= 0.3 is 5.76 Å². The maximum Gasteiger partial charge on any atom is 0.442 e. The largest absolute Gasteiger partial charge is 0.442 e. The molecule has 0 saturated carbocycles. The third kappa shape index (κ3) is 3.03. The summed E-state index contributed by atoms with van der Waals surface area (Å²) in [4.78, 5) is 23.1. The Hall–Kier alpha value is -2.08. The molecule has 0 bridgehead atoms. The molecule has 0 fully saturated rings. The summed E-state index contributed by atoms with van der Waals surface area (Å²) in [5.41, 5.74) is 1.49. The van der Waals surface area contributed by atoms with Crippen molar-refractivity contribution in [1.82, 2.24) is 9.72 Å². The van der Waals surface area contributed by atoms with Gasteiger partial charge in [-0.25, -0.2) is 4.79 Å². The first-order valence-corrected chi connectivity index (χ1v) is 5.94. The van der Waals surface area contributed by atoms with Crippen LogP contribution in [0.4, 0.5) is 5.69 Å². The molecule has 1 aromatic carbocycles. The number of carbonyl (C=O) groups is 1. The van der Waals surface area contributed by atoms with E-state index in [4.69, 9.17) is 11.6 Å². The zero-order valence-corrected chi connectivity index (χ0v) is 11.2. The predicted octanol–water partition coefficient (Wildman–Crippen LogP) is 1.75. The molecule has 0 radical (unpaired) electrons. The molecule has 1 aromatic heterocycles. The molecule has 19 heavy (non-hydrogen) atoms. The number of halogens is 1. The lowest BCUT2D eigenvalue weighted by atomic mass is 10.2. The molecule has 1 amide bonds. The molecule has 0 aliphatic carbocycles. The Balaban J connectivity index is 2.12. The van der Waals surface area contributed by atoms with Gasteiger partial charge < -0.3 is 5.32 Å². The number of hydrogen-bond acceptors (Lipinski definition) is 4. The number of aromatic nitrogens is 2. The molecule has 1 heterocycles. The van der Waals surface area contributed by atoms with E-state index in [9.17, 15) is 9.59 Å². The molecule has 2 rings (SSSR count). The van der Waals surface area contributed by atoms with Crippen molar-refractivity contribution in [3.05, 3.63) is 45.2 Å². The van der Waals surface area contributed by atoms with E-state index >= 15 is 0 Å². The van der Waals surface area contributed by atoms with Gasteiger partial charge in [0.1, 0.15) is 6.54 Å². The van der Waals surface area contributed by atoms with Crippen LogP contribution in [0.1, 0.15) is 11.4 Å². The van der Waals surface area contributed by atoms with Crippen LogP contribution in [0.15, 0.2) is 27.5 Å². The van der Waals surface area contributed by atoms with Crippen LogP contribution >= 0.6 is 11.6 Å². The van der Waals surface area contributed by atoms with Crippen LogP contribution in [0.25, 0.3) is 0 Å². The number of nitrogens with zero attached hydrogens (tertiary/aromatic N) is 2. The molecule has 100 valence electrons. The number of rotatable bonds is 3. The lowest BCUT2D eigenvalue weighted by Crippen LogP contribution is -2.25. The van der Waals surface area contributed by atoms with Gasteiger partial charge in [0.05, 0.1) is 10.7 Å². The minimum atomic E-state index is -0.664. The Morgan fingerprint density at radius 3 is 2.79 bits per heavy atom. The predicted molar refractivity (Wildman–Crippen MR) is 70.3 cm³/mol. The van der Waals surface area contributed by atoms with Crippen molar-refractivity contribution in [3.63, 3.8) is 0 Å². The fraction of sp³-hybridized carbons (Fsp3) is 0.250. The monoisotopic (exact) mass is 281 g/mol. The highest BCUT2D eigenvalue weighted by molar-refractivity contribution is 6.33. The molecule has 1 N–H and O–H groups in total. The van der Waals surface area contributed by atoms with Gasteiger partial charge in [0.2, 0.25) is 5.91 Å². The van der Waals surface area contributed by atoms with E-state index in [-0.39, 0.29) is 12.5 Å². The van der Waals surface area contributed by atoms with Gasteiger partial charge in [-0.2, -0.15) is 0 Å². The second-order valence-electron chi connectivity index (χ2n) is 4.11. The smallest absolute Gasteiger partial charge is 0.323 e. The zero-order chi connectivity index (χ0) is 14.0. The van der Waals surface area contributed by atoms with Crippen LogP contribution in [0.3, 0.4) is 0 Å². The second kappa shape index (κ2) is 5.27. The topological polar surface area (TPSA) is 77.1 Å². The van der Waals surface area contributed by atoms with Crippen LogP contribution in [0.5, 0.6) is 0 Å². The van der Waals surface area contributed by atoms with Crippen LogP contribution in [0.2, 0.25) is 5.02 Å². The third-order valence-electron chi connectivity index (χ3n) is 2.57. The van der Waals surface area contributed by atoms with Gasteiger partial charge in [0.15, 0.2) is 5.82 Å². The first-order chi connectivity index (χ1) is 8.97. The van der Waals surface area contributed by atoms with Gasteiger partial charge in [-0.3, -0.25) is 13.9 Å². The lowest BCUT2D eigenvalue weighted by molar-refractivity contribution is -0.116. The normalized spacial score (nSPS) is 10.5. The molecule has 0 saturated heterocycles. The van der Waals surface area contributed by atoms with E-state index in [0.717, 1.165) is 10.1 Å². The maximum atomic E-state index is 11.8. The minimum Gasteiger partial charge on any atom is -0.323 e. The van der Waals surface area contributed by atoms with Crippen LogP contribution in [0, 0.1) is 13.8 Å². The first-order valence-electron chi connectivity index (χ1n) is 5.56. The fourth-order valence-corrected chi connectivity index (χ4v) is 1.85. The molecule has 0 unspecified atom stereocenters. The van der Waals surface area contributed by atoms with E-state index in [2.05, 4.69) is 15.0 Å². The van der Waals surface area contributed by atoms with Gasteiger partial charge in [-0.1, -0.05) is 22.8 Å². The van der Waals surface area contributed by atoms with Crippen LogP contribution in [-0.2, 0) is 11.3 Å². The highest BCUT2D eigenvalue weighted by Crippen LogP contribution is 2.22. The van der Waals surface area contributed by atoms with Gasteiger partial charge in [-0.05, 0) is 31.5 Å². The van der Waals surface area contributed by atoms with Crippen LogP contribution in [-0.4, -0.2) is 15.6 Å². The van der Waals surface area contributed by atoms with Crippen LogP contribution < -0.4 is 11.1 Å². The second-order valence-corrected chi connectivity index (χ2v) is 4.52. The number of carbonyl (C=O) groups excluding carboxylic acids is 1. The molecule has 0 aliphatic heterocycles. The SMILES string of the molecule is Cc1ccc(NC(=O)Cn2c(C)noc2=O)c(Cl)c1. The molecular weight excluding hydrogens is 270 g/mol. The molecule has 7 heteroatoms.